The van der Waals surface area contributed by atoms with Crippen LogP contribution in [0.5, 0.6) is 57.8 Å². The number of benzene rings is 6. The Hall–Kier alpha value is -6.98. The van der Waals surface area contributed by atoms with E-state index in [4.69, 9.17) is 57.3 Å². The van der Waals surface area contributed by atoms with Gasteiger partial charge in [-0.1, -0.05) is 30.7 Å². The summed E-state index contributed by atoms with van der Waals surface area (Å²) >= 11 is 0. The molecule has 16 heteroatoms. The second kappa shape index (κ2) is 24.0. The number of methoxy groups -OCH3 is 2. The van der Waals surface area contributed by atoms with E-state index >= 15 is 0 Å². The molecule has 6 aromatic carbocycles. The zero-order chi connectivity index (χ0) is 53.8. The first-order valence-electron chi connectivity index (χ1n) is 29.3. The van der Waals surface area contributed by atoms with Gasteiger partial charge in [-0.2, -0.15) is 0 Å². The van der Waals surface area contributed by atoms with Crippen molar-refractivity contribution in [3.63, 3.8) is 0 Å². The van der Waals surface area contributed by atoms with Gasteiger partial charge in [-0.3, -0.25) is 14.7 Å². The Morgan fingerprint density at radius 3 is 1.18 bits per heavy atom. The molecule has 0 spiro atoms. The average molecular weight is 1090 g/mol. The largest absolute Gasteiger partial charge is 0.493 e. The summed E-state index contributed by atoms with van der Waals surface area (Å²) in [5.74, 6) is 7.14. The van der Waals surface area contributed by atoms with E-state index in [-0.39, 0.29) is 13.6 Å². The molecule has 8 aromatic rings. The summed E-state index contributed by atoms with van der Waals surface area (Å²) < 4.78 is 59.8. The Balaban J connectivity index is 0.000000151. The minimum atomic E-state index is 0.239. The molecule has 0 radical (unpaired) electrons. The topological polar surface area (TPSA) is 131 Å². The molecule has 6 aliphatic rings. The standard InChI is InChI=1S/2C32H37N3O5/c1-36-27-20-26-25(19-29(27)37-15-6-13-34-9-2-3-10-34)23-8-7-22-17-28-30(40-21-39-28)18-24(22)31(23)33-32(26)38-16-14-35-11-4-5-12-35;1-36-27-20-26-25(19-29(27)37-15-13-34-9-3-2-4-10-34)23-8-7-22-17-28-30(40-21-39-28)18-24(22)31(23)33-32(26)38-16-14-35-11-5-6-12-35/h2*7-8,17-20H,2-6,9-16,21H2,1H3. The number of ether oxygens (including phenoxy) is 10. The minimum absolute atomic E-state index is 0.239. The summed E-state index contributed by atoms with van der Waals surface area (Å²) in [6.45, 7) is 15.9. The summed E-state index contributed by atoms with van der Waals surface area (Å²) in [6, 6.07) is 24.9. The molecule has 4 saturated heterocycles. The molecule has 0 bridgehead atoms. The first-order chi connectivity index (χ1) is 39.5. The molecule has 0 N–H and O–H groups in total. The molecule has 0 aliphatic carbocycles. The van der Waals surface area contributed by atoms with Crippen LogP contribution in [-0.2, 0) is 0 Å². The van der Waals surface area contributed by atoms with Crippen LogP contribution in [0.1, 0.15) is 64.2 Å². The molecule has 16 nitrogen and oxygen atoms in total. The van der Waals surface area contributed by atoms with Crippen LogP contribution in [0.2, 0.25) is 0 Å². The molecule has 0 amide bonds. The number of hydrogen-bond donors (Lipinski definition) is 0. The summed E-state index contributed by atoms with van der Waals surface area (Å²) in [4.78, 5) is 20.1. The fourth-order valence-electron chi connectivity index (χ4n) is 12.6. The van der Waals surface area contributed by atoms with Crippen LogP contribution in [0.15, 0.2) is 72.8 Å². The highest BCUT2D eigenvalue weighted by atomic mass is 16.7. The lowest BCUT2D eigenvalue weighted by Crippen LogP contribution is -2.33. The Labute approximate surface area is 467 Å². The van der Waals surface area contributed by atoms with Gasteiger partial charge in [0.05, 0.1) is 31.9 Å². The van der Waals surface area contributed by atoms with Crippen LogP contribution < -0.4 is 47.4 Å². The van der Waals surface area contributed by atoms with Gasteiger partial charge in [-0.15, -0.1) is 0 Å². The average Bonchev–Trinajstić information content (AvgIpc) is 4.45. The maximum absolute atomic E-state index is 6.42. The van der Waals surface area contributed by atoms with Crippen LogP contribution in [-0.4, -0.2) is 162 Å². The molecule has 8 heterocycles. The molecule has 0 atom stereocenters. The molecule has 0 saturated carbocycles. The van der Waals surface area contributed by atoms with Crippen molar-refractivity contribution in [2.75, 3.05) is 133 Å². The first kappa shape index (κ1) is 52.4. The highest BCUT2D eigenvalue weighted by Gasteiger charge is 2.24. The number of aromatic nitrogens is 2. The second-order valence-electron chi connectivity index (χ2n) is 22.0. The fourth-order valence-corrected chi connectivity index (χ4v) is 12.6. The van der Waals surface area contributed by atoms with Crippen molar-refractivity contribution in [2.24, 2.45) is 0 Å². The van der Waals surface area contributed by atoms with Gasteiger partial charge in [0.25, 0.3) is 0 Å². The molecular weight excluding hydrogens is 1010 g/mol. The SMILES string of the molecule is COc1cc2c(OCCN3CCCC3)nc3c4cc5c(cc4ccc3c2cc1OCCCN1CCCC1)OCO5.COc1cc2c(OCCN3CCCC3)nc3c4cc5c(cc4ccc3c2cc1OCCN1CCCCC1)OCO5. The molecular formula is C64H74N6O10. The van der Waals surface area contributed by atoms with Gasteiger partial charge in [0.15, 0.2) is 46.0 Å². The van der Waals surface area contributed by atoms with E-state index in [1.165, 1.54) is 70.9 Å². The second-order valence-corrected chi connectivity index (χ2v) is 22.0. The van der Waals surface area contributed by atoms with Crippen LogP contribution in [0.4, 0.5) is 0 Å². The van der Waals surface area contributed by atoms with Crippen molar-refractivity contribution in [1.29, 1.82) is 0 Å². The van der Waals surface area contributed by atoms with E-state index in [1.807, 2.05) is 36.4 Å². The van der Waals surface area contributed by atoms with Crippen molar-refractivity contribution >= 4 is 64.9 Å². The van der Waals surface area contributed by atoms with Gasteiger partial charge in [0.1, 0.15) is 19.8 Å². The zero-order valence-electron chi connectivity index (χ0n) is 46.5. The molecule has 14 rings (SSSR count). The monoisotopic (exact) mass is 1090 g/mol. The third kappa shape index (κ3) is 11.1. The quantitative estimate of drug-likeness (QED) is 0.0562. The summed E-state index contributed by atoms with van der Waals surface area (Å²) in [7, 11) is 3.38. The van der Waals surface area contributed by atoms with Gasteiger partial charge in [-0.05, 0) is 169 Å². The highest BCUT2D eigenvalue weighted by Crippen LogP contribution is 2.46. The van der Waals surface area contributed by atoms with Crippen LogP contribution in [0, 0.1) is 0 Å². The van der Waals surface area contributed by atoms with E-state index in [1.54, 1.807) is 14.2 Å². The lowest BCUT2D eigenvalue weighted by atomic mass is 10.0. The van der Waals surface area contributed by atoms with Gasteiger partial charge in [0, 0.05) is 69.3 Å². The van der Waals surface area contributed by atoms with Gasteiger partial charge >= 0.3 is 0 Å². The third-order valence-corrected chi connectivity index (χ3v) is 16.9. The van der Waals surface area contributed by atoms with Crippen molar-refractivity contribution in [3.05, 3.63) is 72.8 Å². The summed E-state index contributed by atoms with van der Waals surface area (Å²) in [6.07, 6.45) is 12.5. The zero-order valence-corrected chi connectivity index (χ0v) is 46.5. The highest BCUT2D eigenvalue weighted by molar-refractivity contribution is 6.18. The maximum Gasteiger partial charge on any atom is 0.231 e. The normalized spacial score (nSPS) is 17.6. The lowest BCUT2D eigenvalue weighted by molar-refractivity contribution is 0.173. The van der Waals surface area contributed by atoms with Crippen LogP contribution in [0.3, 0.4) is 0 Å². The molecule has 80 heavy (non-hydrogen) atoms. The van der Waals surface area contributed by atoms with E-state index < -0.39 is 0 Å². The number of pyridine rings is 2. The Bertz CT molecular complexity index is 3520. The molecule has 4 fully saturated rings. The molecule has 420 valence electrons. The number of nitrogens with zero attached hydrogens (tertiary/aromatic N) is 6. The number of fused-ring (bicyclic) bond motifs is 12. The lowest BCUT2D eigenvalue weighted by Gasteiger charge is -2.26. The van der Waals surface area contributed by atoms with Crippen molar-refractivity contribution in [2.45, 2.75) is 64.2 Å². The summed E-state index contributed by atoms with van der Waals surface area (Å²) in [5, 5.41) is 10.1. The van der Waals surface area contributed by atoms with Crippen LogP contribution in [0.25, 0.3) is 64.9 Å². The maximum atomic E-state index is 6.42. The Kier molecular flexibility index (Phi) is 15.7. The van der Waals surface area contributed by atoms with E-state index in [9.17, 15) is 0 Å². The Morgan fingerprint density at radius 1 is 0.362 bits per heavy atom. The predicted molar refractivity (Wildman–Crippen MR) is 313 cm³/mol. The predicted octanol–water partition coefficient (Wildman–Crippen LogP) is 11.2. The van der Waals surface area contributed by atoms with Crippen LogP contribution >= 0.6 is 0 Å². The fraction of sp³-hybridized carbons (Fsp3) is 0.469. The number of piperidine rings is 1. The number of likely N-dealkylation sites (tertiary alicyclic amines) is 4. The van der Waals surface area contributed by atoms with E-state index in [2.05, 4.69) is 56.0 Å². The first-order valence-corrected chi connectivity index (χ1v) is 29.3. The van der Waals surface area contributed by atoms with Gasteiger partial charge in [0.2, 0.25) is 25.3 Å². The number of hydrogen-bond acceptors (Lipinski definition) is 16. The minimum Gasteiger partial charge on any atom is -0.493 e. The van der Waals surface area contributed by atoms with E-state index in [0.29, 0.717) is 49.7 Å². The molecule has 2 aromatic heterocycles. The molecule has 0 unspecified atom stereocenters. The number of rotatable bonds is 19. The van der Waals surface area contributed by atoms with Crippen molar-refractivity contribution in [3.8, 4) is 57.8 Å². The van der Waals surface area contributed by atoms with Crippen molar-refractivity contribution in [1.82, 2.24) is 29.6 Å². The molecule has 6 aliphatic heterocycles. The van der Waals surface area contributed by atoms with E-state index in [0.717, 1.165) is 171 Å². The smallest absolute Gasteiger partial charge is 0.231 e. The third-order valence-electron chi connectivity index (χ3n) is 16.9. The van der Waals surface area contributed by atoms with Gasteiger partial charge in [-0.25, -0.2) is 9.97 Å². The Morgan fingerprint density at radius 2 is 0.738 bits per heavy atom. The summed E-state index contributed by atoms with van der Waals surface area (Å²) in [5.41, 5.74) is 1.76. The van der Waals surface area contributed by atoms with Gasteiger partial charge < -0.3 is 52.3 Å². The van der Waals surface area contributed by atoms with Crippen molar-refractivity contribution < 1.29 is 47.4 Å².